The summed E-state index contributed by atoms with van der Waals surface area (Å²) in [6, 6.07) is 0. The van der Waals surface area contributed by atoms with Gasteiger partial charge in [-0.3, -0.25) is 9.69 Å². The van der Waals surface area contributed by atoms with E-state index in [1.165, 1.54) is 0 Å². The minimum absolute atomic E-state index is 0.0801. The molecule has 0 bridgehead atoms. The Labute approximate surface area is 118 Å². The Hall–Kier alpha value is -1.48. The van der Waals surface area contributed by atoms with Gasteiger partial charge in [0.1, 0.15) is 5.82 Å². The van der Waals surface area contributed by atoms with Crippen LogP contribution >= 0.6 is 0 Å². The zero-order valence-electron chi connectivity index (χ0n) is 11.3. The first-order valence-electron chi connectivity index (χ1n) is 6.77. The molecule has 0 spiro atoms. The first-order chi connectivity index (χ1) is 9.95. The van der Waals surface area contributed by atoms with E-state index in [2.05, 4.69) is 10.2 Å². The van der Waals surface area contributed by atoms with Crippen LogP contribution in [0.3, 0.4) is 0 Å². The molecule has 1 atom stereocenters. The van der Waals surface area contributed by atoms with E-state index in [1.807, 2.05) is 4.90 Å². The maximum atomic E-state index is 12.7. The van der Waals surface area contributed by atoms with Crippen molar-refractivity contribution < 1.29 is 22.7 Å². The maximum Gasteiger partial charge on any atom is 0.451 e. The molecule has 1 aromatic heterocycles. The smallest absolute Gasteiger partial charge is 0.381 e. The SMILES string of the molecule is O=C(CN1CCn2c(nnc2C(F)(F)F)C1)C1CCOC1. The summed E-state index contributed by atoms with van der Waals surface area (Å²) in [7, 11) is 0. The van der Waals surface area contributed by atoms with Crippen LogP contribution < -0.4 is 0 Å². The zero-order chi connectivity index (χ0) is 15.0. The summed E-state index contributed by atoms with van der Waals surface area (Å²) >= 11 is 0. The van der Waals surface area contributed by atoms with Gasteiger partial charge in [-0.15, -0.1) is 10.2 Å². The third kappa shape index (κ3) is 2.93. The summed E-state index contributed by atoms with van der Waals surface area (Å²) in [5.41, 5.74) is 0. The Bertz CT molecular complexity index is 537. The van der Waals surface area contributed by atoms with Gasteiger partial charge in [-0.1, -0.05) is 0 Å². The van der Waals surface area contributed by atoms with Crippen molar-refractivity contribution in [3.05, 3.63) is 11.6 Å². The highest BCUT2D eigenvalue weighted by atomic mass is 19.4. The lowest BCUT2D eigenvalue weighted by Crippen LogP contribution is -2.40. The normalized spacial score (nSPS) is 23.3. The number of aromatic nitrogens is 3. The fourth-order valence-electron chi connectivity index (χ4n) is 2.69. The highest BCUT2D eigenvalue weighted by Crippen LogP contribution is 2.29. The van der Waals surface area contributed by atoms with Gasteiger partial charge in [0.15, 0.2) is 5.78 Å². The molecule has 0 aromatic carbocycles. The number of alkyl halides is 3. The number of carbonyl (C=O) groups excluding carboxylic acids is 1. The summed E-state index contributed by atoms with van der Waals surface area (Å²) < 4.78 is 44.4. The molecular formula is C12H15F3N4O2. The van der Waals surface area contributed by atoms with Gasteiger partial charge in [0.25, 0.3) is 0 Å². The number of rotatable bonds is 3. The summed E-state index contributed by atoms with van der Waals surface area (Å²) in [6.07, 6.45) is -3.77. The zero-order valence-corrected chi connectivity index (χ0v) is 11.3. The first kappa shape index (κ1) is 14.5. The van der Waals surface area contributed by atoms with Gasteiger partial charge in [-0.25, -0.2) is 0 Å². The molecule has 21 heavy (non-hydrogen) atoms. The van der Waals surface area contributed by atoms with Crippen LogP contribution in [0.5, 0.6) is 0 Å². The van der Waals surface area contributed by atoms with Crippen LogP contribution in [0.4, 0.5) is 13.2 Å². The van der Waals surface area contributed by atoms with E-state index in [1.54, 1.807) is 0 Å². The maximum absolute atomic E-state index is 12.7. The molecule has 6 nitrogen and oxygen atoms in total. The number of carbonyl (C=O) groups is 1. The predicted molar refractivity (Wildman–Crippen MR) is 64.2 cm³/mol. The summed E-state index contributed by atoms with van der Waals surface area (Å²) in [5, 5.41) is 6.81. The molecule has 1 fully saturated rings. The van der Waals surface area contributed by atoms with Crippen molar-refractivity contribution in [2.45, 2.75) is 25.7 Å². The minimum atomic E-state index is -4.50. The second-order valence-corrected chi connectivity index (χ2v) is 5.33. The van der Waals surface area contributed by atoms with Gasteiger partial charge in [0.2, 0.25) is 5.82 Å². The Morgan fingerprint density at radius 3 is 2.81 bits per heavy atom. The van der Waals surface area contributed by atoms with Crippen LogP contribution in [0, 0.1) is 5.92 Å². The van der Waals surface area contributed by atoms with Crippen molar-refractivity contribution in [2.24, 2.45) is 5.92 Å². The molecule has 0 N–H and O–H groups in total. The quantitative estimate of drug-likeness (QED) is 0.823. The number of Topliss-reactive ketones (excluding diaryl/α,β-unsaturated/α-hetero) is 1. The standard InChI is InChI=1S/C12H15F3N4O2/c13-12(14,15)11-17-16-10-6-18(2-3-19(10)11)5-9(20)8-1-4-21-7-8/h8H,1-7H2. The van der Waals surface area contributed by atoms with Crippen molar-refractivity contribution in [1.29, 1.82) is 0 Å². The Morgan fingerprint density at radius 1 is 1.33 bits per heavy atom. The average molecular weight is 304 g/mol. The van der Waals surface area contributed by atoms with Crippen LogP contribution in [0.2, 0.25) is 0 Å². The topological polar surface area (TPSA) is 60.2 Å². The van der Waals surface area contributed by atoms with Crippen molar-refractivity contribution in [2.75, 3.05) is 26.3 Å². The Kier molecular flexibility index (Phi) is 3.70. The molecule has 116 valence electrons. The van der Waals surface area contributed by atoms with Crippen molar-refractivity contribution in [3.63, 3.8) is 0 Å². The molecule has 0 amide bonds. The van der Waals surface area contributed by atoms with Gasteiger partial charge in [-0.05, 0) is 6.42 Å². The predicted octanol–water partition coefficient (Wildman–Crippen LogP) is 0.718. The molecule has 1 unspecified atom stereocenters. The van der Waals surface area contributed by atoms with Crippen molar-refractivity contribution >= 4 is 5.78 Å². The van der Waals surface area contributed by atoms with Crippen LogP contribution in [-0.4, -0.2) is 51.8 Å². The number of ketones is 1. The van der Waals surface area contributed by atoms with Gasteiger partial charge in [0, 0.05) is 25.6 Å². The second kappa shape index (κ2) is 5.38. The van der Waals surface area contributed by atoms with Crippen molar-refractivity contribution in [3.8, 4) is 0 Å². The average Bonchev–Trinajstić information content (AvgIpc) is 3.06. The molecule has 9 heteroatoms. The molecule has 1 aromatic rings. The first-order valence-corrected chi connectivity index (χ1v) is 6.77. The van der Waals surface area contributed by atoms with Crippen molar-refractivity contribution in [1.82, 2.24) is 19.7 Å². The number of ether oxygens (including phenoxy) is 1. The lowest BCUT2D eigenvalue weighted by molar-refractivity contribution is -0.148. The molecule has 0 radical (unpaired) electrons. The molecule has 3 rings (SSSR count). The lowest BCUT2D eigenvalue weighted by Gasteiger charge is -2.27. The Balaban J connectivity index is 1.65. The summed E-state index contributed by atoms with van der Waals surface area (Å²) in [5.74, 6) is -0.719. The summed E-state index contributed by atoms with van der Waals surface area (Å²) in [6.45, 7) is 2.00. The highest BCUT2D eigenvalue weighted by molar-refractivity contribution is 5.83. The fraction of sp³-hybridized carbons (Fsp3) is 0.750. The third-order valence-corrected chi connectivity index (χ3v) is 3.85. The number of hydrogen-bond acceptors (Lipinski definition) is 5. The van der Waals surface area contributed by atoms with Crippen LogP contribution in [0.15, 0.2) is 0 Å². The monoisotopic (exact) mass is 304 g/mol. The van der Waals surface area contributed by atoms with E-state index in [0.717, 1.165) is 11.0 Å². The van der Waals surface area contributed by atoms with Gasteiger partial charge in [-0.2, -0.15) is 13.2 Å². The summed E-state index contributed by atoms with van der Waals surface area (Å²) in [4.78, 5) is 13.9. The van der Waals surface area contributed by atoms with Crippen LogP contribution in [0.25, 0.3) is 0 Å². The number of halogens is 3. The molecular weight excluding hydrogens is 289 g/mol. The largest absolute Gasteiger partial charge is 0.451 e. The van der Waals surface area contributed by atoms with Gasteiger partial charge < -0.3 is 9.30 Å². The third-order valence-electron chi connectivity index (χ3n) is 3.85. The van der Waals surface area contributed by atoms with E-state index in [9.17, 15) is 18.0 Å². The van der Waals surface area contributed by atoms with E-state index in [0.29, 0.717) is 19.8 Å². The van der Waals surface area contributed by atoms with E-state index in [4.69, 9.17) is 4.74 Å². The molecule has 2 aliphatic heterocycles. The van der Waals surface area contributed by atoms with Crippen LogP contribution in [-0.2, 0) is 28.8 Å². The van der Waals surface area contributed by atoms with Gasteiger partial charge >= 0.3 is 6.18 Å². The number of hydrogen-bond donors (Lipinski definition) is 0. The number of fused-ring (bicyclic) bond motifs is 1. The number of nitrogens with zero attached hydrogens (tertiary/aromatic N) is 4. The van der Waals surface area contributed by atoms with E-state index >= 15 is 0 Å². The Morgan fingerprint density at radius 2 is 2.14 bits per heavy atom. The molecule has 2 aliphatic rings. The lowest BCUT2D eigenvalue weighted by atomic mass is 10.0. The minimum Gasteiger partial charge on any atom is -0.381 e. The van der Waals surface area contributed by atoms with E-state index < -0.39 is 12.0 Å². The van der Waals surface area contributed by atoms with Gasteiger partial charge in [0.05, 0.1) is 19.7 Å². The highest BCUT2D eigenvalue weighted by Gasteiger charge is 2.39. The fourth-order valence-corrected chi connectivity index (χ4v) is 2.69. The molecule has 0 aliphatic carbocycles. The molecule has 3 heterocycles. The second-order valence-electron chi connectivity index (χ2n) is 5.33. The molecule has 1 saturated heterocycles. The van der Waals surface area contributed by atoms with Crippen LogP contribution in [0.1, 0.15) is 18.1 Å². The molecule has 0 saturated carbocycles. The van der Waals surface area contributed by atoms with E-state index in [-0.39, 0.29) is 37.2 Å².